The number of anilines is 1. The number of hydrogen-bond acceptors (Lipinski definition) is 6. The van der Waals surface area contributed by atoms with E-state index in [0.717, 1.165) is 29.4 Å². The van der Waals surface area contributed by atoms with E-state index in [1.54, 1.807) is 17.0 Å². The van der Waals surface area contributed by atoms with Crippen molar-refractivity contribution in [1.82, 2.24) is 10.3 Å². The van der Waals surface area contributed by atoms with E-state index in [1.807, 2.05) is 30.3 Å². The third-order valence-corrected chi connectivity index (χ3v) is 6.62. The van der Waals surface area contributed by atoms with Crippen molar-refractivity contribution in [3.8, 4) is 22.4 Å². The molecule has 1 fully saturated rings. The van der Waals surface area contributed by atoms with Gasteiger partial charge in [-0.15, -0.1) is 11.3 Å². The predicted molar refractivity (Wildman–Crippen MR) is 116 cm³/mol. The summed E-state index contributed by atoms with van der Waals surface area (Å²) in [5.41, 5.74) is 2.90. The van der Waals surface area contributed by atoms with E-state index in [9.17, 15) is 10.1 Å². The minimum absolute atomic E-state index is 0.0882. The molecular formula is C22H17ClN4O2S. The summed E-state index contributed by atoms with van der Waals surface area (Å²) in [4.78, 5) is 20.2. The van der Waals surface area contributed by atoms with Crippen LogP contribution in [-0.2, 0) is 6.42 Å². The largest absolute Gasteiger partial charge is 0.486 e. The van der Waals surface area contributed by atoms with Crippen LogP contribution in [0.5, 0.6) is 5.75 Å². The first-order valence-corrected chi connectivity index (χ1v) is 10.8. The monoisotopic (exact) mass is 436 g/mol. The molecule has 150 valence electrons. The number of amides is 1. The van der Waals surface area contributed by atoms with Crippen molar-refractivity contribution in [2.75, 3.05) is 24.5 Å². The van der Waals surface area contributed by atoms with Gasteiger partial charge in [-0.2, -0.15) is 5.26 Å². The molecule has 1 saturated heterocycles. The van der Waals surface area contributed by atoms with Crippen molar-refractivity contribution in [2.45, 2.75) is 12.5 Å². The van der Waals surface area contributed by atoms with E-state index in [1.165, 1.54) is 11.3 Å². The molecule has 8 heteroatoms. The Bertz CT molecular complexity index is 1160. The zero-order chi connectivity index (χ0) is 20.7. The standard InChI is InChI=1S/C22H17ClN4O2S/c23-15-3-1-13(2-4-15)21-26-18-7-8-27(22(28)20(18)30-21)16-5-6-19(14(9-16)10-24)29-17-11-25-12-17/h1-6,9,17,25H,7-8,11-12H2. The van der Waals surface area contributed by atoms with Crippen LogP contribution in [0.15, 0.2) is 42.5 Å². The number of carbonyl (C=O) groups excluding carboxylic acids is 1. The third kappa shape index (κ3) is 3.43. The number of carbonyl (C=O) groups is 1. The summed E-state index contributed by atoms with van der Waals surface area (Å²) in [7, 11) is 0. The van der Waals surface area contributed by atoms with E-state index in [0.29, 0.717) is 39.9 Å². The molecule has 3 heterocycles. The second-order valence-electron chi connectivity index (χ2n) is 7.20. The summed E-state index contributed by atoms with van der Waals surface area (Å²) < 4.78 is 5.85. The molecule has 30 heavy (non-hydrogen) atoms. The molecular weight excluding hydrogens is 420 g/mol. The fourth-order valence-corrected chi connectivity index (χ4v) is 4.69. The number of fused-ring (bicyclic) bond motifs is 1. The lowest BCUT2D eigenvalue weighted by atomic mass is 10.1. The van der Waals surface area contributed by atoms with Gasteiger partial charge in [0.2, 0.25) is 0 Å². The highest BCUT2D eigenvalue weighted by molar-refractivity contribution is 7.17. The molecule has 5 rings (SSSR count). The maximum Gasteiger partial charge on any atom is 0.270 e. The average Bonchev–Trinajstić information content (AvgIpc) is 3.17. The van der Waals surface area contributed by atoms with Gasteiger partial charge < -0.3 is 15.0 Å². The van der Waals surface area contributed by atoms with Gasteiger partial charge in [-0.05, 0) is 30.3 Å². The molecule has 0 atom stereocenters. The van der Waals surface area contributed by atoms with Gasteiger partial charge in [-0.25, -0.2) is 4.98 Å². The summed E-state index contributed by atoms with van der Waals surface area (Å²) in [5, 5.41) is 14.2. The van der Waals surface area contributed by atoms with Gasteiger partial charge in [0, 0.05) is 42.3 Å². The van der Waals surface area contributed by atoms with E-state index in [4.69, 9.17) is 16.3 Å². The van der Waals surface area contributed by atoms with E-state index < -0.39 is 0 Å². The zero-order valence-electron chi connectivity index (χ0n) is 15.9. The Kier molecular flexibility index (Phi) is 4.91. The lowest BCUT2D eigenvalue weighted by Crippen LogP contribution is -2.50. The summed E-state index contributed by atoms with van der Waals surface area (Å²) in [6.07, 6.45) is 0.754. The number of halogens is 1. The molecule has 0 saturated carbocycles. The lowest BCUT2D eigenvalue weighted by Gasteiger charge is -2.29. The average molecular weight is 437 g/mol. The summed E-state index contributed by atoms with van der Waals surface area (Å²) in [6.45, 7) is 2.08. The fourth-order valence-electron chi connectivity index (χ4n) is 3.49. The Morgan fingerprint density at radius 3 is 2.73 bits per heavy atom. The first-order valence-electron chi connectivity index (χ1n) is 9.61. The number of nitrogens with zero attached hydrogens (tertiary/aromatic N) is 3. The summed E-state index contributed by atoms with van der Waals surface area (Å²) in [5.74, 6) is 0.468. The third-order valence-electron chi connectivity index (χ3n) is 5.23. The van der Waals surface area contributed by atoms with E-state index in [-0.39, 0.29) is 12.0 Å². The van der Waals surface area contributed by atoms with Crippen molar-refractivity contribution in [1.29, 1.82) is 5.26 Å². The molecule has 3 aromatic rings. The first kappa shape index (κ1) is 19.1. The molecule has 0 unspecified atom stereocenters. The highest BCUT2D eigenvalue weighted by Gasteiger charge is 2.30. The zero-order valence-corrected chi connectivity index (χ0v) is 17.5. The second kappa shape index (κ2) is 7.73. The van der Waals surface area contributed by atoms with Crippen LogP contribution < -0.4 is 15.0 Å². The number of nitriles is 1. The molecule has 2 aliphatic heterocycles. The maximum absolute atomic E-state index is 13.2. The van der Waals surface area contributed by atoms with Gasteiger partial charge in [0.15, 0.2) is 0 Å². The van der Waals surface area contributed by atoms with E-state index >= 15 is 0 Å². The van der Waals surface area contributed by atoms with Gasteiger partial charge in [-0.3, -0.25) is 4.79 Å². The molecule has 2 aliphatic rings. The van der Waals surface area contributed by atoms with Crippen LogP contribution in [-0.4, -0.2) is 36.6 Å². The van der Waals surface area contributed by atoms with Gasteiger partial charge in [0.25, 0.3) is 5.91 Å². The molecule has 0 aliphatic carbocycles. The normalized spacial score (nSPS) is 16.0. The Labute approximate surface area is 182 Å². The van der Waals surface area contributed by atoms with Gasteiger partial charge >= 0.3 is 0 Å². The minimum atomic E-state index is -0.0882. The molecule has 0 radical (unpaired) electrons. The van der Waals surface area contributed by atoms with Crippen molar-refractivity contribution in [3.63, 3.8) is 0 Å². The quantitative estimate of drug-likeness (QED) is 0.671. The number of hydrogen-bond donors (Lipinski definition) is 1. The number of aromatic nitrogens is 1. The van der Waals surface area contributed by atoms with Crippen LogP contribution in [0.3, 0.4) is 0 Å². The van der Waals surface area contributed by atoms with Crippen LogP contribution in [0.2, 0.25) is 5.02 Å². The molecule has 1 amide bonds. The van der Waals surface area contributed by atoms with Crippen molar-refractivity contribution in [2.24, 2.45) is 0 Å². The smallest absolute Gasteiger partial charge is 0.270 e. The molecule has 6 nitrogen and oxygen atoms in total. The summed E-state index contributed by atoms with van der Waals surface area (Å²) in [6, 6.07) is 15.0. The Balaban J connectivity index is 1.42. The van der Waals surface area contributed by atoms with Crippen LogP contribution in [0.1, 0.15) is 20.9 Å². The molecule has 0 bridgehead atoms. The predicted octanol–water partition coefficient (Wildman–Crippen LogP) is 3.89. The Morgan fingerprint density at radius 1 is 1.23 bits per heavy atom. The molecule has 1 aromatic heterocycles. The molecule has 1 N–H and O–H groups in total. The number of thiazole rings is 1. The minimum Gasteiger partial charge on any atom is -0.486 e. The summed E-state index contributed by atoms with van der Waals surface area (Å²) >= 11 is 7.36. The fraction of sp³-hybridized carbons (Fsp3) is 0.227. The Hall–Kier alpha value is -2.92. The van der Waals surface area contributed by atoms with Gasteiger partial charge in [-0.1, -0.05) is 23.7 Å². The molecule has 2 aromatic carbocycles. The first-order chi connectivity index (χ1) is 14.6. The topological polar surface area (TPSA) is 78.2 Å². The van der Waals surface area contributed by atoms with Crippen molar-refractivity contribution >= 4 is 34.5 Å². The highest BCUT2D eigenvalue weighted by atomic mass is 35.5. The number of nitrogens with one attached hydrogen (secondary N) is 1. The van der Waals surface area contributed by atoms with Crippen LogP contribution in [0.4, 0.5) is 5.69 Å². The van der Waals surface area contributed by atoms with Crippen LogP contribution in [0.25, 0.3) is 10.6 Å². The van der Waals surface area contributed by atoms with Gasteiger partial charge in [0.05, 0.1) is 11.3 Å². The maximum atomic E-state index is 13.2. The number of benzene rings is 2. The second-order valence-corrected chi connectivity index (χ2v) is 8.63. The van der Waals surface area contributed by atoms with Crippen LogP contribution in [0, 0.1) is 11.3 Å². The molecule has 0 spiro atoms. The van der Waals surface area contributed by atoms with Gasteiger partial charge in [0.1, 0.15) is 27.8 Å². The highest BCUT2D eigenvalue weighted by Crippen LogP contribution is 2.35. The number of ether oxygens (including phenoxy) is 1. The lowest BCUT2D eigenvalue weighted by molar-refractivity contribution is 0.0984. The van der Waals surface area contributed by atoms with E-state index in [2.05, 4.69) is 16.4 Å². The van der Waals surface area contributed by atoms with Crippen molar-refractivity contribution in [3.05, 3.63) is 63.6 Å². The Morgan fingerprint density at radius 2 is 2.03 bits per heavy atom. The number of rotatable bonds is 4. The van der Waals surface area contributed by atoms with Crippen LogP contribution >= 0.6 is 22.9 Å². The van der Waals surface area contributed by atoms with Crippen molar-refractivity contribution < 1.29 is 9.53 Å². The SMILES string of the molecule is N#Cc1cc(N2CCc3nc(-c4ccc(Cl)cc4)sc3C2=O)ccc1OC1CNC1.